The van der Waals surface area contributed by atoms with Gasteiger partial charge in [0.1, 0.15) is 10.6 Å². The summed E-state index contributed by atoms with van der Waals surface area (Å²) < 4.78 is 72.7. The Bertz CT molecular complexity index is 1060. The SMILES string of the molecule is O=S1(=O)N=C(c2ccc(C(F)(F)F)cc2)c2ccc(OCCCCC3CCN3)cc21. The number of sulfonamides is 1. The molecule has 0 spiro atoms. The summed E-state index contributed by atoms with van der Waals surface area (Å²) in [5.41, 5.74) is 0.00445. The van der Waals surface area contributed by atoms with Crippen molar-refractivity contribution in [3.8, 4) is 5.75 Å². The second-order valence-electron chi connectivity index (χ2n) is 7.43. The van der Waals surface area contributed by atoms with Crippen LogP contribution in [0.25, 0.3) is 0 Å². The maximum atomic E-state index is 12.8. The fourth-order valence-electron chi connectivity index (χ4n) is 3.52. The highest BCUT2D eigenvalue weighted by Crippen LogP contribution is 2.34. The van der Waals surface area contributed by atoms with Crippen LogP contribution >= 0.6 is 0 Å². The van der Waals surface area contributed by atoms with Crippen molar-refractivity contribution in [3.05, 3.63) is 59.2 Å². The number of alkyl halides is 3. The Balaban J connectivity index is 1.46. The highest BCUT2D eigenvalue weighted by molar-refractivity contribution is 7.90. The van der Waals surface area contributed by atoms with Crippen LogP contribution in [0, 0.1) is 0 Å². The molecule has 1 atom stereocenters. The minimum absolute atomic E-state index is 0.00793. The Morgan fingerprint density at radius 1 is 1.10 bits per heavy atom. The molecular formula is C21H21F3N2O3S. The fourth-order valence-corrected chi connectivity index (χ4v) is 4.77. The van der Waals surface area contributed by atoms with E-state index >= 15 is 0 Å². The zero-order valence-electron chi connectivity index (χ0n) is 16.1. The van der Waals surface area contributed by atoms with Gasteiger partial charge in [0.15, 0.2) is 0 Å². The quantitative estimate of drug-likeness (QED) is 0.660. The third-order valence-corrected chi connectivity index (χ3v) is 6.64. The lowest BCUT2D eigenvalue weighted by Crippen LogP contribution is -2.42. The van der Waals surface area contributed by atoms with E-state index in [2.05, 4.69) is 9.71 Å². The van der Waals surface area contributed by atoms with Crippen LogP contribution in [0.3, 0.4) is 0 Å². The monoisotopic (exact) mass is 438 g/mol. The van der Waals surface area contributed by atoms with Gasteiger partial charge in [0, 0.05) is 23.2 Å². The molecular weight excluding hydrogens is 417 g/mol. The Hall–Kier alpha value is -2.39. The van der Waals surface area contributed by atoms with E-state index in [0.717, 1.165) is 37.9 Å². The average molecular weight is 438 g/mol. The molecule has 2 aromatic rings. The maximum Gasteiger partial charge on any atom is 0.416 e. The van der Waals surface area contributed by atoms with Crippen LogP contribution in [0.1, 0.15) is 42.4 Å². The summed E-state index contributed by atoms with van der Waals surface area (Å²) in [6, 6.07) is 9.57. The minimum atomic E-state index is -4.46. The van der Waals surface area contributed by atoms with E-state index in [1.807, 2.05) is 0 Å². The molecule has 1 N–H and O–H groups in total. The zero-order valence-corrected chi connectivity index (χ0v) is 16.9. The van der Waals surface area contributed by atoms with Crippen molar-refractivity contribution in [1.29, 1.82) is 0 Å². The lowest BCUT2D eigenvalue weighted by molar-refractivity contribution is -0.137. The molecule has 2 aliphatic heterocycles. The van der Waals surface area contributed by atoms with Crippen LogP contribution < -0.4 is 10.1 Å². The summed E-state index contributed by atoms with van der Waals surface area (Å²) in [7, 11) is -3.93. The lowest BCUT2D eigenvalue weighted by atomic mass is 10.0. The number of nitrogens with zero attached hydrogens (tertiary/aromatic N) is 1. The van der Waals surface area contributed by atoms with Crippen molar-refractivity contribution in [3.63, 3.8) is 0 Å². The lowest BCUT2D eigenvalue weighted by Gasteiger charge is -2.27. The predicted molar refractivity (Wildman–Crippen MR) is 106 cm³/mol. The molecule has 30 heavy (non-hydrogen) atoms. The number of halogens is 3. The van der Waals surface area contributed by atoms with Crippen molar-refractivity contribution in [1.82, 2.24) is 5.32 Å². The van der Waals surface area contributed by atoms with Crippen LogP contribution in [0.15, 0.2) is 51.8 Å². The van der Waals surface area contributed by atoms with Gasteiger partial charge < -0.3 is 10.1 Å². The Labute approximate surface area is 173 Å². The Morgan fingerprint density at radius 2 is 1.83 bits per heavy atom. The molecule has 5 nitrogen and oxygen atoms in total. The maximum absolute atomic E-state index is 12.8. The second-order valence-corrected chi connectivity index (χ2v) is 9.00. The number of benzene rings is 2. The van der Waals surface area contributed by atoms with E-state index in [1.54, 1.807) is 12.1 Å². The smallest absolute Gasteiger partial charge is 0.416 e. The molecule has 1 saturated heterocycles. The van der Waals surface area contributed by atoms with Crippen LogP contribution in [0.2, 0.25) is 0 Å². The van der Waals surface area contributed by atoms with E-state index in [9.17, 15) is 21.6 Å². The summed E-state index contributed by atoms with van der Waals surface area (Å²) in [4.78, 5) is 0.00793. The third kappa shape index (κ3) is 4.37. The topological polar surface area (TPSA) is 67.8 Å². The molecule has 2 aliphatic rings. The number of nitrogens with one attached hydrogen (secondary N) is 1. The van der Waals surface area contributed by atoms with Gasteiger partial charge in [0.25, 0.3) is 10.0 Å². The number of unbranched alkanes of at least 4 members (excludes halogenated alkanes) is 1. The second kappa shape index (κ2) is 8.03. The molecule has 1 unspecified atom stereocenters. The van der Waals surface area contributed by atoms with E-state index in [1.165, 1.54) is 24.6 Å². The highest BCUT2D eigenvalue weighted by Gasteiger charge is 2.32. The molecule has 9 heteroatoms. The number of hydrogen-bond donors (Lipinski definition) is 1. The van der Waals surface area contributed by atoms with Gasteiger partial charge in [-0.1, -0.05) is 12.1 Å². The molecule has 160 valence electrons. The molecule has 0 saturated carbocycles. The summed E-state index contributed by atoms with van der Waals surface area (Å²) in [6.45, 7) is 1.57. The van der Waals surface area contributed by atoms with Crippen molar-refractivity contribution in [2.75, 3.05) is 13.2 Å². The molecule has 1 fully saturated rings. The first kappa shape index (κ1) is 20.9. The van der Waals surface area contributed by atoms with E-state index < -0.39 is 21.8 Å². The van der Waals surface area contributed by atoms with Crippen molar-refractivity contribution in [2.45, 2.75) is 42.8 Å². The molecule has 0 bridgehead atoms. The average Bonchev–Trinajstić information content (AvgIpc) is 2.93. The number of rotatable bonds is 7. The zero-order chi connectivity index (χ0) is 21.4. The Morgan fingerprint density at radius 3 is 2.47 bits per heavy atom. The van der Waals surface area contributed by atoms with E-state index in [0.29, 0.717) is 29.5 Å². The van der Waals surface area contributed by atoms with Crippen LogP contribution in [0.4, 0.5) is 13.2 Å². The van der Waals surface area contributed by atoms with Gasteiger partial charge in [-0.25, -0.2) is 0 Å². The first-order valence-electron chi connectivity index (χ1n) is 9.77. The first-order chi connectivity index (χ1) is 14.2. The van der Waals surface area contributed by atoms with Gasteiger partial charge >= 0.3 is 6.18 Å². The molecule has 2 heterocycles. The van der Waals surface area contributed by atoms with Gasteiger partial charge in [-0.05, 0) is 56.5 Å². The van der Waals surface area contributed by atoms with Crippen molar-refractivity contribution >= 4 is 15.7 Å². The summed E-state index contributed by atoms with van der Waals surface area (Å²) >= 11 is 0. The molecule has 2 aromatic carbocycles. The predicted octanol–water partition coefficient (Wildman–Crippen LogP) is 4.16. The van der Waals surface area contributed by atoms with Crippen LogP contribution in [-0.2, 0) is 16.2 Å². The first-order valence-corrected chi connectivity index (χ1v) is 11.2. The highest BCUT2D eigenvalue weighted by atomic mass is 32.2. The normalized spacial score (nSPS) is 19.7. The van der Waals surface area contributed by atoms with Gasteiger partial charge in [-0.3, -0.25) is 0 Å². The minimum Gasteiger partial charge on any atom is -0.494 e. The summed E-state index contributed by atoms with van der Waals surface area (Å²) in [6.07, 6.45) is -0.241. The Kier molecular flexibility index (Phi) is 5.59. The van der Waals surface area contributed by atoms with Gasteiger partial charge in [-0.2, -0.15) is 26.0 Å². The van der Waals surface area contributed by atoms with Crippen LogP contribution in [-0.4, -0.2) is 33.3 Å². The fraction of sp³-hybridized carbons (Fsp3) is 0.381. The molecule has 0 aromatic heterocycles. The number of ether oxygens (including phenoxy) is 1. The molecule has 0 aliphatic carbocycles. The molecule has 0 radical (unpaired) electrons. The number of hydrogen-bond acceptors (Lipinski definition) is 4. The van der Waals surface area contributed by atoms with Crippen LogP contribution in [0.5, 0.6) is 5.75 Å². The van der Waals surface area contributed by atoms with Gasteiger partial charge in [0.2, 0.25) is 0 Å². The molecule has 4 rings (SSSR count). The van der Waals surface area contributed by atoms with Gasteiger partial charge in [-0.15, -0.1) is 0 Å². The van der Waals surface area contributed by atoms with Crippen molar-refractivity contribution < 1.29 is 26.3 Å². The number of fused-ring (bicyclic) bond motifs is 1. The standard InChI is InChI=1S/C21H21F3N2O3S/c22-21(23,24)15-6-4-14(5-7-15)20-18-9-8-17(13-19(18)30(27,28)26-20)29-12-2-1-3-16-10-11-25-16/h4-9,13,16,25H,1-3,10-12H2. The summed E-state index contributed by atoms with van der Waals surface area (Å²) in [5.74, 6) is 0.433. The van der Waals surface area contributed by atoms with Crippen molar-refractivity contribution in [2.24, 2.45) is 4.40 Å². The summed E-state index contributed by atoms with van der Waals surface area (Å²) in [5, 5.41) is 3.34. The molecule has 0 amide bonds. The van der Waals surface area contributed by atoms with E-state index in [-0.39, 0.29) is 10.6 Å². The largest absolute Gasteiger partial charge is 0.494 e. The van der Waals surface area contributed by atoms with E-state index in [4.69, 9.17) is 4.74 Å². The van der Waals surface area contributed by atoms with Gasteiger partial charge in [0.05, 0.1) is 17.9 Å². The third-order valence-electron chi connectivity index (χ3n) is 5.32.